The number of aryl methyl sites for hydroxylation is 1. The zero-order chi connectivity index (χ0) is 14.7. The summed E-state index contributed by atoms with van der Waals surface area (Å²) in [5.41, 5.74) is 2.14. The summed E-state index contributed by atoms with van der Waals surface area (Å²) in [6, 6.07) is 2.02. The van der Waals surface area contributed by atoms with Crippen LogP contribution in [0.3, 0.4) is 0 Å². The van der Waals surface area contributed by atoms with Crippen LogP contribution in [0.1, 0.15) is 62.6 Å². The minimum atomic E-state index is 0.320. The second kappa shape index (κ2) is 6.03. The Morgan fingerprint density at radius 2 is 1.90 bits per heavy atom. The van der Waals surface area contributed by atoms with E-state index in [-0.39, 0.29) is 0 Å². The van der Waals surface area contributed by atoms with Crippen molar-refractivity contribution in [2.75, 3.05) is 5.32 Å². The summed E-state index contributed by atoms with van der Waals surface area (Å²) in [6.45, 7) is 11.1. The van der Waals surface area contributed by atoms with Crippen molar-refractivity contribution in [2.45, 2.75) is 53.0 Å². The molecule has 2 aromatic heterocycles. The predicted molar refractivity (Wildman–Crippen MR) is 80.9 cm³/mol. The van der Waals surface area contributed by atoms with Crippen LogP contribution in [-0.2, 0) is 6.54 Å². The Labute approximate surface area is 120 Å². The van der Waals surface area contributed by atoms with Crippen molar-refractivity contribution in [2.24, 2.45) is 0 Å². The number of imidazole rings is 1. The van der Waals surface area contributed by atoms with Gasteiger partial charge in [0.2, 0.25) is 0 Å². The summed E-state index contributed by atoms with van der Waals surface area (Å²) in [5.74, 6) is 3.37. The van der Waals surface area contributed by atoms with E-state index in [1.807, 2.05) is 19.2 Å². The Kier molecular flexibility index (Phi) is 4.37. The third kappa shape index (κ3) is 3.56. The van der Waals surface area contributed by atoms with Crippen molar-refractivity contribution >= 4 is 5.82 Å². The molecule has 0 amide bonds. The monoisotopic (exact) mass is 273 g/mol. The van der Waals surface area contributed by atoms with Crippen LogP contribution in [0.25, 0.3) is 0 Å². The summed E-state index contributed by atoms with van der Waals surface area (Å²) in [6.07, 6.45) is 1.83. The van der Waals surface area contributed by atoms with Gasteiger partial charge in [-0.2, -0.15) is 0 Å². The first-order chi connectivity index (χ1) is 9.45. The van der Waals surface area contributed by atoms with Crippen LogP contribution >= 0.6 is 0 Å². The first-order valence-corrected chi connectivity index (χ1v) is 7.09. The van der Waals surface area contributed by atoms with Crippen LogP contribution in [0, 0.1) is 6.92 Å². The zero-order valence-corrected chi connectivity index (χ0v) is 12.9. The molecular formula is C15H23N5. The lowest BCUT2D eigenvalue weighted by Gasteiger charge is -2.13. The number of hydrogen-bond donors (Lipinski definition) is 2. The van der Waals surface area contributed by atoms with Crippen molar-refractivity contribution in [1.82, 2.24) is 19.9 Å². The summed E-state index contributed by atoms with van der Waals surface area (Å²) >= 11 is 0. The Bertz CT molecular complexity index is 545. The lowest BCUT2D eigenvalue weighted by atomic mass is 10.1. The molecule has 0 aromatic carbocycles. The Balaban J connectivity index is 2.17. The molecule has 0 fully saturated rings. The highest BCUT2D eigenvalue weighted by atomic mass is 15.1. The summed E-state index contributed by atoms with van der Waals surface area (Å²) in [5, 5.41) is 3.32. The molecule has 0 aliphatic heterocycles. The van der Waals surface area contributed by atoms with Crippen LogP contribution in [0.5, 0.6) is 0 Å². The molecule has 2 N–H and O–H groups in total. The molecule has 0 saturated heterocycles. The quantitative estimate of drug-likeness (QED) is 0.876. The maximum absolute atomic E-state index is 4.62. The van der Waals surface area contributed by atoms with Gasteiger partial charge in [-0.25, -0.2) is 15.0 Å². The van der Waals surface area contributed by atoms with Crippen molar-refractivity contribution in [3.05, 3.63) is 35.3 Å². The van der Waals surface area contributed by atoms with Gasteiger partial charge in [-0.05, 0) is 12.8 Å². The molecule has 0 spiro atoms. The highest BCUT2D eigenvalue weighted by molar-refractivity contribution is 5.37. The van der Waals surface area contributed by atoms with E-state index in [1.54, 1.807) is 0 Å². The highest BCUT2D eigenvalue weighted by Gasteiger charge is 2.10. The molecule has 0 aliphatic rings. The number of nitrogens with zero attached hydrogens (tertiary/aromatic N) is 3. The second-order valence-electron chi connectivity index (χ2n) is 5.71. The Morgan fingerprint density at radius 3 is 2.45 bits per heavy atom. The van der Waals surface area contributed by atoms with Crippen LogP contribution in [-0.4, -0.2) is 19.9 Å². The fraction of sp³-hybridized carbons (Fsp3) is 0.533. The SMILES string of the molecule is Cc1cnc(CNc2cc(C(C)C)nc(C(C)C)n2)[nH]1. The number of nitrogens with one attached hydrogen (secondary N) is 2. The van der Waals surface area contributed by atoms with E-state index in [2.05, 4.69) is 52.9 Å². The molecule has 0 aliphatic carbocycles. The molecule has 5 heteroatoms. The Hall–Kier alpha value is -1.91. The number of hydrogen-bond acceptors (Lipinski definition) is 4. The predicted octanol–water partition coefficient (Wildman–Crippen LogP) is 3.37. The van der Waals surface area contributed by atoms with E-state index < -0.39 is 0 Å². The third-order valence-electron chi connectivity index (χ3n) is 3.06. The van der Waals surface area contributed by atoms with Crippen LogP contribution in [0.2, 0.25) is 0 Å². The van der Waals surface area contributed by atoms with E-state index in [9.17, 15) is 0 Å². The van der Waals surface area contributed by atoms with E-state index in [4.69, 9.17) is 0 Å². The van der Waals surface area contributed by atoms with Crippen molar-refractivity contribution in [1.29, 1.82) is 0 Å². The molecule has 0 atom stereocenters. The van der Waals surface area contributed by atoms with Crippen molar-refractivity contribution in [3.63, 3.8) is 0 Å². The first-order valence-electron chi connectivity index (χ1n) is 7.09. The fourth-order valence-corrected chi connectivity index (χ4v) is 1.86. The van der Waals surface area contributed by atoms with E-state index >= 15 is 0 Å². The molecule has 0 unspecified atom stereocenters. The third-order valence-corrected chi connectivity index (χ3v) is 3.06. The van der Waals surface area contributed by atoms with Gasteiger partial charge in [-0.3, -0.25) is 0 Å². The van der Waals surface area contributed by atoms with Crippen molar-refractivity contribution in [3.8, 4) is 0 Å². The second-order valence-corrected chi connectivity index (χ2v) is 5.71. The molecule has 2 aromatic rings. The fourth-order valence-electron chi connectivity index (χ4n) is 1.86. The lowest BCUT2D eigenvalue weighted by molar-refractivity contribution is 0.729. The van der Waals surface area contributed by atoms with Gasteiger partial charge in [0, 0.05) is 29.6 Å². The van der Waals surface area contributed by atoms with Crippen molar-refractivity contribution < 1.29 is 0 Å². The van der Waals surface area contributed by atoms with Gasteiger partial charge < -0.3 is 10.3 Å². The first kappa shape index (κ1) is 14.5. The highest BCUT2D eigenvalue weighted by Crippen LogP contribution is 2.19. The van der Waals surface area contributed by atoms with Gasteiger partial charge in [0.05, 0.1) is 6.54 Å². The average molecular weight is 273 g/mol. The number of rotatable bonds is 5. The molecule has 0 radical (unpaired) electrons. The largest absolute Gasteiger partial charge is 0.363 e. The lowest BCUT2D eigenvalue weighted by Crippen LogP contribution is -2.09. The molecule has 2 heterocycles. The number of aromatic nitrogens is 4. The Morgan fingerprint density at radius 1 is 1.15 bits per heavy atom. The molecule has 0 bridgehead atoms. The average Bonchev–Trinajstić information content (AvgIpc) is 2.81. The van der Waals surface area contributed by atoms with E-state index in [0.29, 0.717) is 18.4 Å². The molecule has 108 valence electrons. The molecule has 0 saturated carbocycles. The topological polar surface area (TPSA) is 66.5 Å². The number of H-pyrrole nitrogens is 1. The van der Waals surface area contributed by atoms with E-state index in [1.165, 1.54) is 0 Å². The van der Waals surface area contributed by atoms with Crippen LogP contribution < -0.4 is 5.32 Å². The van der Waals surface area contributed by atoms with E-state index in [0.717, 1.165) is 28.9 Å². The normalized spacial score (nSPS) is 11.3. The van der Waals surface area contributed by atoms with Crippen LogP contribution in [0.15, 0.2) is 12.3 Å². The summed E-state index contributed by atoms with van der Waals surface area (Å²) in [7, 11) is 0. The summed E-state index contributed by atoms with van der Waals surface area (Å²) < 4.78 is 0. The van der Waals surface area contributed by atoms with Gasteiger partial charge in [-0.1, -0.05) is 27.7 Å². The number of aromatic amines is 1. The molecule has 2 rings (SSSR count). The minimum absolute atomic E-state index is 0.320. The maximum Gasteiger partial charge on any atom is 0.133 e. The van der Waals surface area contributed by atoms with Crippen LogP contribution in [0.4, 0.5) is 5.82 Å². The maximum atomic E-state index is 4.62. The molecule has 20 heavy (non-hydrogen) atoms. The molecular weight excluding hydrogens is 250 g/mol. The van der Waals surface area contributed by atoms with Gasteiger partial charge >= 0.3 is 0 Å². The number of anilines is 1. The van der Waals surface area contributed by atoms with Gasteiger partial charge in [-0.15, -0.1) is 0 Å². The zero-order valence-electron chi connectivity index (χ0n) is 12.9. The standard InChI is InChI=1S/C15H23N5/c1-9(2)12-6-13(20-15(19-12)10(3)4)17-8-14-16-7-11(5)18-14/h6-7,9-10H,8H2,1-5H3,(H,16,18)(H,17,19,20). The summed E-state index contributed by atoms with van der Waals surface area (Å²) in [4.78, 5) is 16.7. The minimum Gasteiger partial charge on any atom is -0.363 e. The van der Waals surface area contributed by atoms with Gasteiger partial charge in [0.25, 0.3) is 0 Å². The molecule has 5 nitrogen and oxygen atoms in total. The smallest absolute Gasteiger partial charge is 0.133 e. The van der Waals surface area contributed by atoms with Gasteiger partial charge in [0.15, 0.2) is 0 Å². The van der Waals surface area contributed by atoms with Gasteiger partial charge in [0.1, 0.15) is 17.5 Å².